The van der Waals surface area contributed by atoms with E-state index in [4.69, 9.17) is 4.99 Å². The van der Waals surface area contributed by atoms with Gasteiger partial charge in [0.1, 0.15) is 0 Å². The van der Waals surface area contributed by atoms with Crippen molar-refractivity contribution in [2.24, 2.45) is 12.0 Å². The first-order valence-electron chi connectivity index (χ1n) is 10.3. The van der Waals surface area contributed by atoms with E-state index in [0.717, 1.165) is 44.4 Å². The highest BCUT2D eigenvalue weighted by Gasteiger charge is 2.10. The Balaban J connectivity index is 0.00000420. The Bertz CT molecular complexity index is 780. The van der Waals surface area contributed by atoms with Gasteiger partial charge in [-0.25, -0.2) is 4.99 Å². The van der Waals surface area contributed by atoms with Gasteiger partial charge < -0.3 is 10.6 Å². The molecule has 0 saturated carbocycles. The van der Waals surface area contributed by atoms with Crippen LogP contribution in [0.25, 0.3) is 0 Å². The zero-order chi connectivity index (χ0) is 20.5. The van der Waals surface area contributed by atoms with Gasteiger partial charge in [0.25, 0.3) is 0 Å². The zero-order valence-corrected chi connectivity index (χ0v) is 21.1. The number of hydrogen-bond donors (Lipinski definition) is 2. The second-order valence-corrected chi connectivity index (χ2v) is 7.10. The first-order chi connectivity index (χ1) is 13.5. The first-order valence-corrected chi connectivity index (χ1v) is 10.3. The van der Waals surface area contributed by atoms with Crippen molar-refractivity contribution in [1.82, 2.24) is 25.3 Å². The van der Waals surface area contributed by atoms with Crippen LogP contribution in [0, 0.1) is 13.8 Å². The van der Waals surface area contributed by atoms with Crippen molar-refractivity contribution in [1.29, 1.82) is 0 Å². The minimum absolute atomic E-state index is 0. The average Bonchev–Trinajstić information content (AvgIpc) is 2.94. The first kappa shape index (κ1) is 25.4. The molecule has 2 aromatic rings. The van der Waals surface area contributed by atoms with Crippen LogP contribution in [0.15, 0.2) is 29.3 Å². The Hall–Kier alpha value is -1.61. The number of aliphatic imine (C=N–C) groups is 1. The lowest BCUT2D eigenvalue weighted by Gasteiger charge is -2.18. The van der Waals surface area contributed by atoms with Gasteiger partial charge >= 0.3 is 0 Å². The molecule has 6 nitrogen and oxygen atoms in total. The van der Waals surface area contributed by atoms with E-state index in [0.29, 0.717) is 6.54 Å². The third-order valence-electron chi connectivity index (χ3n) is 5.15. The summed E-state index contributed by atoms with van der Waals surface area (Å²) in [7, 11) is 1.98. The molecule has 0 aliphatic carbocycles. The summed E-state index contributed by atoms with van der Waals surface area (Å²) in [6.07, 6.45) is 0. The van der Waals surface area contributed by atoms with Crippen LogP contribution in [0.3, 0.4) is 0 Å². The quantitative estimate of drug-likeness (QED) is 0.305. The monoisotopic (exact) mass is 512 g/mol. The van der Waals surface area contributed by atoms with Crippen LogP contribution in [0.2, 0.25) is 0 Å². The fraction of sp³-hybridized carbons (Fsp3) is 0.545. The summed E-state index contributed by atoms with van der Waals surface area (Å²) >= 11 is 0. The highest BCUT2D eigenvalue weighted by atomic mass is 127. The maximum absolute atomic E-state index is 4.78. The molecule has 0 spiro atoms. The SMILES string of the molecule is CCNC(=NCc1cccc(CN(CC)CC)c1)NCc1c(C)nn(C)c1C.I. The van der Waals surface area contributed by atoms with Crippen LogP contribution in [0.4, 0.5) is 0 Å². The molecule has 1 heterocycles. The fourth-order valence-electron chi connectivity index (χ4n) is 3.29. The largest absolute Gasteiger partial charge is 0.357 e. The number of aromatic nitrogens is 2. The van der Waals surface area contributed by atoms with E-state index in [1.807, 2.05) is 11.7 Å². The number of guanidine groups is 1. The van der Waals surface area contributed by atoms with E-state index in [9.17, 15) is 0 Å². The normalized spacial score (nSPS) is 11.5. The molecule has 2 rings (SSSR count). The molecule has 7 heteroatoms. The van der Waals surface area contributed by atoms with Gasteiger partial charge in [0.05, 0.1) is 12.2 Å². The predicted molar refractivity (Wildman–Crippen MR) is 133 cm³/mol. The van der Waals surface area contributed by atoms with Gasteiger partial charge in [0, 0.05) is 37.9 Å². The van der Waals surface area contributed by atoms with Crippen LogP contribution < -0.4 is 10.6 Å². The minimum atomic E-state index is 0. The van der Waals surface area contributed by atoms with Crippen molar-refractivity contribution >= 4 is 29.9 Å². The summed E-state index contributed by atoms with van der Waals surface area (Å²) < 4.78 is 1.93. The molecular weight excluding hydrogens is 475 g/mol. The van der Waals surface area contributed by atoms with Gasteiger partial charge in [0.2, 0.25) is 0 Å². The topological polar surface area (TPSA) is 57.5 Å². The molecule has 162 valence electrons. The number of rotatable bonds is 9. The Morgan fingerprint density at radius 1 is 1.10 bits per heavy atom. The molecule has 0 unspecified atom stereocenters. The molecule has 0 amide bonds. The van der Waals surface area contributed by atoms with Gasteiger partial charge in [-0.2, -0.15) is 5.10 Å². The number of nitrogens with zero attached hydrogens (tertiary/aromatic N) is 4. The molecule has 29 heavy (non-hydrogen) atoms. The van der Waals surface area contributed by atoms with Crippen LogP contribution >= 0.6 is 24.0 Å². The van der Waals surface area contributed by atoms with Crippen molar-refractivity contribution in [3.8, 4) is 0 Å². The van der Waals surface area contributed by atoms with E-state index in [1.165, 1.54) is 22.4 Å². The van der Waals surface area contributed by atoms with Gasteiger partial charge in [-0.1, -0.05) is 38.1 Å². The second kappa shape index (κ2) is 12.8. The van der Waals surface area contributed by atoms with Gasteiger partial charge in [0.15, 0.2) is 5.96 Å². The highest BCUT2D eigenvalue weighted by Crippen LogP contribution is 2.12. The highest BCUT2D eigenvalue weighted by molar-refractivity contribution is 14.0. The standard InChI is InChI=1S/C22H36N6.HI/c1-7-23-22(25-15-21-17(4)26-27(6)18(21)5)24-14-19-11-10-12-20(13-19)16-28(8-2)9-3;/h10-13H,7-9,14-16H2,1-6H3,(H2,23,24,25);1H. The molecule has 1 aromatic carbocycles. The maximum Gasteiger partial charge on any atom is 0.191 e. The van der Waals surface area contributed by atoms with E-state index < -0.39 is 0 Å². The molecule has 0 bridgehead atoms. The van der Waals surface area contributed by atoms with Crippen molar-refractivity contribution in [2.75, 3.05) is 19.6 Å². The predicted octanol–water partition coefficient (Wildman–Crippen LogP) is 3.75. The van der Waals surface area contributed by atoms with E-state index in [-0.39, 0.29) is 24.0 Å². The van der Waals surface area contributed by atoms with Gasteiger partial charge in [-0.05, 0) is 45.0 Å². The molecular formula is C22H37IN6. The summed E-state index contributed by atoms with van der Waals surface area (Å²) in [4.78, 5) is 7.20. The molecule has 0 saturated heterocycles. The van der Waals surface area contributed by atoms with Gasteiger partial charge in [-0.3, -0.25) is 9.58 Å². The number of benzene rings is 1. The lowest BCUT2D eigenvalue weighted by molar-refractivity contribution is 0.296. The van der Waals surface area contributed by atoms with E-state index >= 15 is 0 Å². The molecule has 0 atom stereocenters. The number of aryl methyl sites for hydroxylation is 2. The average molecular weight is 512 g/mol. The summed E-state index contributed by atoms with van der Waals surface area (Å²) in [5.41, 5.74) is 6.05. The molecule has 2 N–H and O–H groups in total. The Labute approximate surface area is 193 Å². The van der Waals surface area contributed by atoms with E-state index in [1.54, 1.807) is 0 Å². The van der Waals surface area contributed by atoms with Crippen LogP contribution in [-0.4, -0.2) is 40.3 Å². The van der Waals surface area contributed by atoms with Crippen LogP contribution in [-0.2, 0) is 26.7 Å². The lowest BCUT2D eigenvalue weighted by Crippen LogP contribution is -2.37. The molecule has 0 aliphatic heterocycles. The summed E-state index contributed by atoms with van der Waals surface area (Å²) in [5.74, 6) is 0.833. The molecule has 0 radical (unpaired) electrons. The summed E-state index contributed by atoms with van der Waals surface area (Å²) in [5, 5.41) is 11.3. The Kier molecular flexibility index (Phi) is 11.3. The van der Waals surface area contributed by atoms with Crippen molar-refractivity contribution in [3.63, 3.8) is 0 Å². The Morgan fingerprint density at radius 3 is 2.38 bits per heavy atom. The molecule has 0 fully saturated rings. The number of hydrogen-bond acceptors (Lipinski definition) is 3. The second-order valence-electron chi connectivity index (χ2n) is 7.10. The van der Waals surface area contributed by atoms with Crippen LogP contribution in [0.1, 0.15) is 48.8 Å². The van der Waals surface area contributed by atoms with E-state index in [2.05, 4.69) is 79.5 Å². The molecule has 0 aliphatic rings. The minimum Gasteiger partial charge on any atom is -0.357 e. The number of nitrogens with one attached hydrogen (secondary N) is 2. The number of halogens is 1. The van der Waals surface area contributed by atoms with Crippen molar-refractivity contribution in [2.45, 2.75) is 54.3 Å². The third-order valence-corrected chi connectivity index (χ3v) is 5.15. The third kappa shape index (κ3) is 7.62. The Morgan fingerprint density at radius 2 is 1.79 bits per heavy atom. The zero-order valence-electron chi connectivity index (χ0n) is 18.7. The fourth-order valence-corrected chi connectivity index (χ4v) is 3.29. The molecule has 1 aromatic heterocycles. The van der Waals surface area contributed by atoms with Crippen molar-refractivity contribution < 1.29 is 0 Å². The van der Waals surface area contributed by atoms with Crippen LogP contribution in [0.5, 0.6) is 0 Å². The lowest BCUT2D eigenvalue weighted by atomic mass is 10.1. The summed E-state index contributed by atoms with van der Waals surface area (Å²) in [6, 6.07) is 8.74. The smallest absolute Gasteiger partial charge is 0.191 e. The van der Waals surface area contributed by atoms with Crippen molar-refractivity contribution in [3.05, 3.63) is 52.3 Å². The summed E-state index contributed by atoms with van der Waals surface area (Å²) in [6.45, 7) is 16.0. The maximum atomic E-state index is 4.78. The van der Waals surface area contributed by atoms with Gasteiger partial charge in [-0.15, -0.1) is 24.0 Å².